The molecule has 0 aromatic rings. The Labute approximate surface area is 88.2 Å². The molecule has 0 rings (SSSR count). The molecule has 0 aliphatic rings. The molecule has 0 N–H and O–H groups in total. The van der Waals surface area contributed by atoms with Crippen LogP contribution in [0.1, 0.15) is 19.3 Å². The zero-order valence-corrected chi connectivity index (χ0v) is 7.67. The van der Waals surface area contributed by atoms with Crippen LogP contribution in [0, 0.1) is 0 Å². The van der Waals surface area contributed by atoms with Gasteiger partial charge in [0.15, 0.2) is 0 Å². The quantitative estimate of drug-likeness (QED) is 0.429. The molecule has 0 saturated carbocycles. The Bertz CT molecular complexity index is 109. The van der Waals surface area contributed by atoms with Crippen LogP contribution in [0.25, 0.3) is 0 Å². The third-order valence-electron chi connectivity index (χ3n) is 0.762. The number of aliphatic carboxylic acids is 2. The van der Waals surface area contributed by atoms with Crippen LogP contribution in [-0.4, -0.2) is 49.7 Å². The van der Waals surface area contributed by atoms with Crippen molar-refractivity contribution in [3.63, 3.8) is 0 Å². The fourth-order valence-electron chi connectivity index (χ4n) is 0.377. The fourth-order valence-corrected chi connectivity index (χ4v) is 0.377. The van der Waals surface area contributed by atoms with Gasteiger partial charge >= 0.3 is 37.7 Å². The van der Waals surface area contributed by atoms with Crippen LogP contribution in [-0.2, 0) is 9.59 Å². The molecule has 0 fully saturated rings. The van der Waals surface area contributed by atoms with Gasteiger partial charge in [0.25, 0.3) is 0 Å². The number of carboxylic acids is 2. The molecule has 0 saturated heterocycles. The molecule has 0 aromatic carbocycles. The molecule has 5 heteroatoms. The first kappa shape index (κ1) is 12.8. The zero-order chi connectivity index (χ0) is 7.28. The first-order valence-electron chi connectivity index (χ1n) is 2.52. The molecule has 0 radical (unpaired) electrons. The third-order valence-corrected chi connectivity index (χ3v) is 0.762. The van der Waals surface area contributed by atoms with Gasteiger partial charge in [0.1, 0.15) is 0 Å². The third kappa shape index (κ3) is 11.1. The summed E-state index contributed by atoms with van der Waals surface area (Å²) in [6.45, 7) is 0. The van der Waals surface area contributed by atoms with Crippen molar-refractivity contribution >= 4 is 49.7 Å². The minimum absolute atomic E-state index is 0. The number of carbonyl (C=O) groups excluding carboxylic acids is 2. The van der Waals surface area contributed by atoms with E-state index in [-0.39, 0.29) is 57.0 Å². The molecular formula is C5H6CaO4. The molecule has 0 heterocycles. The summed E-state index contributed by atoms with van der Waals surface area (Å²) in [7, 11) is 0. The summed E-state index contributed by atoms with van der Waals surface area (Å²) >= 11 is 0. The monoisotopic (exact) mass is 170 g/mol. The maximum absolute atomic E-state index is 9.66. The number of hydrogen-bond donors (Lipinski definition) is 0. The minimum atomic E-state index is -1.23. The van der Waals surface area contributed by atoms with Gasteiger partial charge in [-0.15, -0.1) is 0 Å². The second-order valence-electron chi connectivity index (χ2n) is 1.60. The van der Waals surface area contributed by atoms with Crippen LogP contribution < -0.4 is 10.2 Å². The van der Waals surface area contributed by atoms with Crippen LogP contribution in [0.5, 0.6) is 0 Å². The minimum Gasteiger partial charge on any atom is -0.550 e. The van der Waals surface area contributed by atoms with Gasteiger partial charge in [-0.2, -0.15) is 0 Å². The summed E-state index contributed by atoms with van der Waals surface area (Å²) in [4.78, 5) is 19.3. The maximum atomic E-state index is 9.66. The summed E-state index contributed by atoms with van der Waals surface area (Å²) in [6.07, 6.45) is -0.341. The molecule has 0 unspecified atom stereocenters. The van der Waals surface area contributed by atoms with E-state index in [1.807, 2.05) is 0 Å². The van der Waals surface area contributed by atoms with Gasteiger partial charge in [0.05, 0.1) is 0 Å². The molecule has 4 nitrogen and oxygen atoms in total. The molecule has 10 heavy (non-hydrogen) atoms. The van der Waals surface area contributed by atoms with Gasteiger partial charge in [-0.05, 0) is 19.3 Å². The Hall–Kier alpha value is 0.200. The van der Waals surface area contributed by atoms with Crippen molar-refractivity contribution in [1.82, 2.24) is 0 Å². The predicted molar refractivity (Wildman–Crippen MR) is 29.6 cm³/mol. The predicted octanol–water partition coefficient (Wildman–Crippen LogP) is -2.72. The van der Waals surface area contributed by atoms with E-state index in [1.165, 1.54) is 0 Å². The van der Waals surface area contributed by atoms with Gasteiger partial charge in [-0.25, -0.2) is 0 Å². The summed E-state index contributed by atoms with van der Waals surface area (Å²) in [6, 6.07) is 0. The Morgan fingerprint density at radius 3 is 1.50 bits per heavy atom. The molecular weight excluding hydrogens is 164 g/mol. The van der Waals surface area contributed by atoms with E-state index in [0.29, 0.717) is 0 Å². The van der Waals surface area contributed by atoms with E-state index in [4.69, 9.17) is 0 Å². The summed E-state index contributed by atoms with van der Waals surface area (Å²) in [5, 5.41) is 19.3. The zero-order valence-electron chi connectivity index (χ0n) is 5.46. The van der Waals surface area contributed by atoms with E-state index < -0.39 is 11.9 Å². The second-order valence-corrected chi connectivity index (χ2v) is 1.60. The smallest absolute Gasteiger partial charge is 0.550 e. The van der Waals surface area contributed by atoms with E-state index in [9.17, 15) is 19.8 Å². The van der Waals surface area contributed by atoms with E-state index in [1.54, 1.807) is 0 Å². The number of carboxylic acid groups (broad SMARTS) is 2. The maximum Gasteiger partial charge on any atom is 2.00 e. The standard InChI is InChI=1S/C5H8O4.Ca/c6-4(7)2-1-3-5(8)9;/h1-3H2,(H,6,7)(H,8,9);/q;+2/p-2. The van der Waals surface area contributed by atoms with E-state index >= 15 is 0 Å². The largest absolute Gasteiger partial charge is 2.00 e. The van der Waals surface area contributed by atoms with Crippen molar-refractivity contribution in [2.45, 2.75) is 19.3 Å². The van der Waals surface area contributed by atoms with E-state index in [2.05, 4.69) is 0 Å². The normalized spacial score (nSPS) is 8.00. The first-order valence-corrected chi connectivity index (χ1v) is 2.52. The fraction of sp³-hybridized carbons (Fsp3) is 0.600. The van der Waals surface area contributed by atoms with Crippen molar-refractivity contribution in [2.75, 3.05) is 0 Å². The van der Waals surface area contributed by atoms with Crippen LogP contribution in [0.2, 0.25) is 0 Å². The number of hydrogen-bond acceptors (Lipinski definition) is 4. The van der Waals surface area contributed by atoms with Crippen molar-refractivity contribution < 1.29 is 19.8 Å². The molecule has 0 atom stereocenters. The first-order chi connectivity index (χ1) is 4.13. The van der Waals surface area contributed by atoms with Crippen LogP contribution in [0.3, 0.4) is 0 Å². The molecule has 0 bridgehead atoms. The van der Waals surface area contributed by atoms with E-state index in [0.717, 1.165) is 0 Å². The average molecular weight is 170 g/mol. The van der Waals surface area contributed by atoms with Gasteiger partial charge in [0, 0.05) is 11.9 Å². The Kier molecular flexibility index (Phi) is 9.38. The van der Waals surface area contributed by atoms with Crippen molar-refractivity contribution in [1.29, 1.82) is 0 Å². The SMILES string of the molecule is O=C([O-])CCCC(=O)[O-].[Ca+2]. The van der Waals surface area contributed by atoms with Crippen molar-refractivity contribution in [2.24, 2.45) is 0 Å². The van der Waals surface area contributed by atoms with Gasteiger partial charge in [-0.1, -0.05) is 0 Å². The topological polar surface area (TPSA) is 80.3 Å². The number of carbonyl (C=O) groups is 2. The Morgan fingerprint density at radius 1 is 1.00 bits per heavy atom. The molecule has 52 valence electrons. The van der Waals surface area contributed by atoms with Crippen LogP contribution in [0.15, 0.2) is 0 Å². The van der Waals surface area contributed by atoms with Gasteiger partial charge < -0.3 is 19.8 Å². The summed E-state index contributed by atoms with van der Waals surface area (Å²) < 4.78 is 0. The van der Waals surface area contributed by atoms with Crippen molar-refractivity contribution in [3.8, 4) is 0 Å². The molecule has 0 aliphatic carbocycles. The number of rotatable bonds is 4. The van der Waals surface area contributed by atoms with Gasteiger partial charge in [-0.3, -0.25) is 0 Å². The molecule has 0 amide bonds. The van der Waals surface area contributed by atoms with Crippen LogP contribution >= 0.6 is 0 Å². The Balaban J connectivity index is 0. The second kappa shape index (κ2) is 7.31. The van der Waals surface area contributed by atoms with Crippen molar-refractivity contribution in [3.05, 3.63) is 0 Å². The van der Waals surface area contributed by atoms with Crippen LogP contribution in [0.4, 0.5) is 0 Å². The molecule has 0 aromatic heterocycles. The summed E-state index contributed by atoms with van der Waals surface area (Å²) in [5.41, 5.74) is 0. The molecule has 0 aliphatic heterocycles. The van der Waals surface area contributed by atoms with Gasteiger partial charge in [0.2, 0.25) is 0 Å². The Morgan fingerprint density at radius 2 is 1.30 bits per heavy atom. The molecule has 0 spiro atoms. The summed E-state index contributed by atoms with van der Waals surface area (Å²) in [5.74, 6) is -2.45. The average Bonchev–Trinajstić information content (AvgIpc) is 1.63.